The third-order valence-electron chi connectivity index (χ3n) is 2.99. The highest BCUT2D eigenvalue weighted by atomic mass is 16.3. The number of aliphatic hydroxyl groups excluding tert-OH is 1. The Bertz CT molecular complexity index is 366. The summed E-state index contributed by atoms with van der Waals surface area (Å²) in [5.41, 5.74) is 2.58. The molecule has 2 N–H and O–H groups in total. The van der Waals surface area contributed by atoms with Gasteiger partial charge in [0, 0.05) is 19.6 Å². The normalized spacial score (nSPS) is 13.2. The molecule has 0 fully saturated rings. The summed E-state index contributed by atoms with van der Waals surface area (Å²) in [7, 11) is 2.05. The number of likely N-dealkylation sites (N-methyl/N-ethyl adjacent to an activating group) is 1. The highest BCUT2D eigenvalue weighted by Crippen LogP contribution is 2.06. The van der Waals surface area contributed by atoms with Crippen molar-refractivity contribution < 1.29 is 5.11 Å². The Labute approximate surface area is 117 Å². The van der Waals surface area contributed by atoms with Crippen molar-refractivity contribution in [3.8, 4) is 0 Å². The lowest BCUT2D eigenvalue weighted by atomic mass is 10.1. The van der Waals surface area contributed by atoms with Gasteiger partial charge in [-0.25, -0.2) is 0 Å². The Hall–Kier alpha value is -0.900. The van der Waals surface area contributed by atoms with Gasteiger partial charge in [0.25, 0.3) is 0 Å². The third-order valence-corrected chi connectivity index (χ3v) is 2.99. The summed E-state index contributed by atoms with van der Waals surface area (Å²) in [6, 6.07) is 8.51. The lowest BCUT2D eigenvalue weighted by Crippen LogP contribution is -2.37. The molecule has 3 heteroatoms. The van der Waals surface area contributed by atoms with Crippen LogP contribution in [0.2, 0.25) is 0 Å². The summed E-state index contributed by atoms with van der Waals surface area (Å²) in [5, 5.41) is 13.2. The average Bonchev–Trinajstić information content (AvgIpc) is 2.27. The van der Waals surface area contributed by atoms with Gasteiger partial charge in [0.1, 0.15) is 0 Å². The summed E-state index contributed by atoms with van der Waals surface area (Å²) < 4.78 is 0. The summed E-state index contributed by atoms with van der Waals surface area (Å²) in [6.07, 6.45) is -0.312. The first-order valence-corrected chi connectivity index (χ1v) is 7.10. The molecular weight excluding hydrogens is 236 g/mol. The van der Waals surface area contributed by atoms with Crippen LogP contribution in [0.15, 0.2) is 24.3 Å². The van der Waals surface area contributed by atoms with E-state index in [4.69, 9.17) is 0 Å². The molecule has 3 nitrogen and oxygen atoms in total. The largest absolute Gasteiger partial charge is 0.390 e. The van der Waals surface area contributed by atoms with Crippen LogP contribution < -0.4 is 5.32 Å². The van der Waals surface area contributed by atoms with E-state index in [0.29, 0.717) is 19.0 Å². The number of aryl methyl sites for hydroxylation is 1. The summed E-state index contributed by atoms with van der Waals surface area (Å²) in [5.74, 6) is 0.622. The standard InChI is InChI=1S/C16H28N2O/c1-13(2)9-17-10-16(19)12-18(4)11-15-7-5-6-14(3)8-15/h5-8,13,16-17,19H,9-12H2,1-4H3. The molecule has 1 aromatic carbocycles. The van der Waals surface area contributed by atoms with E-state index < -0.39 is 0 Å². The highest BCUT2D eigenvalue weighted by molar-refractivity contribution is 5.21. The molecule has 1 atom stereocenters. The molecule has 0 amide bonds. The first kappa shape index (κ1) is 16.2. The van der Waals surface area contributed by atoms with Crippen LogP contribution in [0.3, 0.4) is 0 Å². The van der Waals surface area contributed by atoms with Gasteiger partial charge < -0.3 is 10.4 Å². The Balaban J connectivity index is 2.28. The van der Waals surface area contributed by atoms with E-state index in [2.05, 4.69) is 55.3 Å². The minimum Gasteiger partial charge on any atom is -0.390 e. The zero-order valence-corrected chi connectivity index (χ0v) is 12.7. The third kappa shape index (κ3) is 7.31. The lowest BCUT2D eigenvalue weighted by Gasteiger charge is -2.21. The molecule has 0 heterocycles. The number of hydrogen-bond acceptors (Lipinski definition) is 3. The van der Waals surface area contributed by atoms with Gasteiger partial charge in [-0.3, -0.25) is 4.90 Å². The maximum atomic E-state index is 9.96. The fraction of sp³-hybridized carbons (Fsp3) is 0.625. The van der Waals surface area contributed by atoms with Crippen LogP contribution in [-0.2, 0) is 6.54 Å². The topological polar surface area (TPSA) is 35.5 Å². The second-order valence-corrected chi connectivity index (χ2v) is 5.89. The number of nitrogens with zero attached hydrogens (tertiary/aromatic N) is 1. The zero-order valence-electron chi connectivity index (χ0n) is 12.7. The fourth-order valence-corrected chi connectivity index (χ4v) is 2.15. The lowest BCUT2D eigenvalue weighted by molar-refractivity contribution is 0.120. The average molecular weight is 264 g/mol. The molecule has 0 aromatic heterocycles. The van der Waals surface area contributed by atoms with E-state index in [9.17, 15) is 5.11 Å². The van der Waals surface area contributed by atoms with Crippen molar-refractivity contribution in [2.24, 2.45) is 5.92 Å². The molecule has 1 unspecified atom stereocenters. The summed E-state index contributed by atoms with van der Waals surface area (Å²) in [6.45, 7) is 9.64. The highest BCUT2D eigenvalue weighted by Gasteiger charge is 2.08. The van der Waals surface area contributed by atoms with E-state index in [1.165, 1.54) is 11.1 Å². The zero-order chi connectivity index (χ0) is 14.3. The molecule has 0 radical (unpaired) electrons. The molecular formula is C16H28N2O. The molecule has 108 valence electrons. The summed E-state index contributed by atoms with van der Waals surface area (Å²) in [4.78, 5) is 2.16. The van der Waals surface area contributed by atoms with E-state index >= 15 is 0 Å². The first-order chi connectivity index (χ1) is 8.97. The van der Waals surface area contributed by atoms with Gasteiger partial charge in [0.05, 0.1) is 6.10 Å². The molecule has 19 heavy (non-hydrogen) atoms. The van der Waals surface area contributed by atoms with Crippen molar-refractivity contribution in [3.05, 3.63) is 35.4 Å². The van der Waals surface area contributed by atoms with Crippen molar-refractivity contribution in [1.29, 1.82) is 0 Å². The first-order valence-electron chi connectivity index (χ1n) is 7.10. The Morgan fingerprint density at radius 3 is 2.63 bits per heavy atom. The maximum Gasteiger partial charge on any atom is 0.0791 e. The van der Waals surface area contributed by atoms with Gasteiger partial charge in [-0.2, -0.15) is 0 Å². The van der Waals surface area contributed by atoms with E-state index in [-0.39, 0.29) is 6.10 Å². The van der Waals surface area contributed by atoms with Gasteiger partial charge in [-0.05, 0) is 32.0 Å². The minimum atomic E-state index is -0.312. The van der Waals surface area contributed by atoms with Crippen LogP contribution in [0.1, 0.15) is 25.0 Å². The van der Waals surface area contributed by atoms with Gasteiger partial charge in [0.15, 0.2) is 0 Å². The van der Waals surface area contributed by atoms with Crippen molar-refractivity contribution in [1.82, 2.24) is 10.2 Å². The van der Waals surface area contributed by atoms with Crippen LogP contribution in [0.4, 0.5) is 0 Å². The van der Waals surface area contributed by atoms with Crippen molar-refractivity contribution in [3.63, 3.8) is 0 Å². The smallest absolute Gasteiger partial charge is 0.0791 e. The van der Waals surface area contributed by atoms with Crippen molar-refractivity contribution in [2.45, 2.75) is 33.4 Å². The number of aliphatic hydroxyl groups is 1. The Morgan fingerprint density at radius 2 is 2.00 bits per heavy atom. The monoisotopic (exact) mass is 264 g/mol. The molecule has 1 aromatic rings. The molecule has 1 rings (SSSR count). The SMILES string of the molecule is Cc1cccc(CN(C)CC(O)CNCC(C)C)c1. The Kier molecular flexibility index (Phi) is 7.06. The van der Waals surface area contributed by atoms with Crippen LogP contribution in [0.5, 0.6) is 0 Å². The van der Waals surface area contributed by atoms with Crippen LogP contribution in [0, 0.1) is 12.8 Å². The minimum absolute atomic E-state index is 0.312. The second-order valence-electron chi connectivity index (χ2n) is 5.89. The number of hydrogen-bond donors (Lipinski definition) is 2. The quantitative estimate of drug-likeness (QED) is 0.754. The molecule has 0 aliphatic rings. The molecule has 0 spiro atoms. The number of rotatable bonds is 8. The summed E-state index contributed by atoms with van der Waals surface area (Å²) >= 11 is 0. The van der Waals surface area contributed by atoms with E-state index in [1.54, 1.807) is 0 Å². The predicted molar refractivity (Wildman–Crippen MR) is 81.2 cm³/mol. The van der Waals surface area contributed by atoms with Crippen molar-refractivity contribution >= 4 is 0 Å². The fourth-order valence-electron chi connectivity index (χ4n) is 2.15. The maximum absolute atomic E-state index is 9.96. The van der Waals surface area contributed by atoms with Crippen LogP contribution in [0.25, 0.3) is 0 Å². The molecule has 0 saturated carbocycles. The molecule has 0 aliphatic heterocycles. The Morgan fingerprint density at radius 1 is 1.26 bits per heavy atom. The van der Waals surface area contributed by atoms with Gasteiger partial charge in [0.2, 0.25) is 0 Å². The second kappa shape index (κ2) is 8.31. The molecule has 0 aliphatic carbocycles. The van der Waals surface area contributed by atoms with Gasteiger partial charge in [-0.1, -0.05) is 43.7 Å². The van der Waals surface area contributed by atoms with Gasteiger partial charge >= 0.3 is 0 Å². The predicted octanol–water partition coefficient (Wildman–Crippen LogP) is 2.03. The number of benzene rings is 1. The van der Waals surface area contributed by atoms with E-state index in [1.807, 2.05) is 7.05 Å². The van der Waals surface area contributed by atoms with Gasteiger partial charge in [-0.15, -0.1) is 0 Å². The molecule has 0 bridgehead atoms. The van der Waals surface area contributed by atoms with Crippen LogP contribution in [-0.4, -0.2) is 42.8 Å². The van der Waals surface area contributed by atoms with Crippen LogP contribution >= 0.6 is 0 Å². The van der Waals surface area contributed by atoms with E-state index in [0.717, 1.165) is 13.1 Å². The number of nitrogens with one attached hydrogen (secondary N) is 1. The molecule has 0 saturated heterocycles. The van der Waals surface area contributed by atoms with Crippen molar-refractivity contribution in [2.75, 3.05) is 26.7 Å².